The molecule has 6 heteroatoms. The summed E-state index contributed by atoms with van der Waals surface area (Å²) in [5, 5.41) is 0.694. The van der Waals surface area contributed by atoms with Gasteiger partial charge in [0.05, 0.1) is 11.3 Å². The minimum absolute atomic E-state index is 0.182. The van der Waals surface area contributed by atoms with Crippen LogP contribution in [0.1, 0.15) is 36.2 Å². The van der Waals surface area contributed by atoms with E-state index in [9.17, 15) is 4.79 Å². The van der Waals surface area contributed by atoms with Gasteiger partial charge in [0.1, 0.15) is 11.0 Å². The van der Waals surface area contributed by atoms with Crippen LogP contribution in [0, 0.1) is 6.92 Å². The van der Waals surface area contributed by atoms with E-state index >= 15 is 0 Å². The first-order valence-corrected chi connectivity index (χ1v) is 12.4. The molecule has 0 aliphatic rings. The molecule has 2 heterocycles. The maximum Gasteiger partial charge on any atom is 0.281 e. The maximum atomic E-state index is 13.2. The molecule has 0 saturated heterocycles. The van der Waals surface area contributed by atoms with E-state index < -0.39 is 0 Å². The van der Waals surface area contributed by atoms with Crippen LogP contribution in [0.4, 0.5) is 0 Å². The zero-order valence-electron chi connectivity index (χ0n) is 19.0. The van der Waals surface area contributed by atoms with Gasteiger partial charge in [0.25, 0.3) is 5.56 Å². The van der Waals surface area contributed by atoms with Crippen LogP contribution >= 0.6 is 23.4 Å². The molecule has 0 radical (unpaired) electrons. The molecule has 0 aliphatic heterocycles. The fourth-order valence-electron chi connectivity index (χ4n) is 3.99. The Balaban J connectivity index is 1.64. The van der Waals surface area contributed by atoms with Gasteiger partial charge in [-0.05, 0) is 55.2 Å². The van der Waals surface area contributed by atoms with Gasteiger partial charge in [-0.1, -0.05) is 66.2 Å². The summed E-state index contributed by atoms with van der Waals surface area (Å²) in [5.41, 5.74) is 5.63. The quantitative estimate of drug-likeness (QED) is 0.271. The Morgan fingerprint density at radius 3 is 2.42 bits per heavy atom. The molecular weight excluding hydrogens is 450 g/mol. The third-order valence-corrected chi connectivity index (χ3v) is 7.20. The number of hydrogen-bond acceptors (Lipinski definition) is 4. The lowest BCUT2D eigenvalue weighted by molar-refractivity contribution is 0.668. The average Bonchev–Trinajstić information content (AvgIpc) is 2.83. The number of benzene rings is 2. The third-order valence-electron chi connectivity index (χ3n) is 5.78. The van der Waals surface area contributed by atoms with Crippen LogP contribution in [0.25, 0.3) is 22.3 Å². The van der Waals surface area contributed by atoms with Crippen LogP contribution in [0.3, 0.4) is 0 Å². The summed E-state index contributed by atoms with van der Waals surface area (Å²) in [6.07, 6.45) is 1.80. The molecule has 0 saturated carbocycles. The second-order valence-corrected chi connectivity index (χ2v) is 9.57. The number of pyridine rings is 1. The summed E-state index contributed by atoms with van der Waals surface area (Å²) in [7, 11) is 0. The number of hydrogen-bond donors (Lipinski definition) is 0. The highest BCUT2D eigenvalue weighted by Crippen LogP contribution is 2.32. The molecule has 0 fully saturated rings. The van der Waals surface area contributed by atoms with Gasteiger partial charge in [0, 0.05) is 23.7 Å². The molecule has 4 aromatic rings. The molecule has 2 aromatic carbocycles. The van der Waals surface area contributed by atoms with Crippen LogP contribution in [-0.4, -0.2) is 14.5 Å². The van der Waals surface area contributed by atoms with Gasteiger partial charge in [-0.25, -0.2) is 4.98 Å². The van der Waals surface area contributed by atoms with Crippen molar-refractivity contribution in [2.24, 2.45) is 0 Å². The maximum absolute atomic E-state index is 13.2. The Bertz CT molecular complexity index is 1300. The van der Waals surface area contributed by atoms with E-state index in [1.807, 2.05) is 43.3 Å². The number of rotatable bonds is 7. The van der Waals surface area contributed by atoms with Crippen molar-refractivity contribution >= 4 is 23.4 Å². The van der Waals surface area contributed by atoms with E-state index in [4.69, 9.17) is 11.6 Å². The van der Waals surface area contributed by atoms with Gasteiger partial charge in [0.15, 0.2) is 0 Å². The summed E-state index contributed by atoms with van der Waals surface area (Å²) >= 11 is 7.64. The van der Waals surface area contributed by atoms with Crippen LogP contribution in [0.2, 0.25) is 5.15 Å². The lowest BCUT2D eigenvalue weighted by Gasteiger charge is -2.19. The molecule has 1 unspecified atom stereocenters. The number of halogens is 1. The van der Waals surface area contributed by atoms with Crippen LogP contribution in [0.5, 0.6) is 0 Å². The Hall–Kier alpha value is -2.89. The summed E-state index contributed by atoms with van der Waals surface area (Å²) in [6.45, 7) is 6.97. The van der Waals surface area contributed by atoms with Gasteiger partial charge >= 0.3 is 0 Å². The van der Waals surface area contributed by atoms with Crippen molar-refractivity contribution in [3.05, 3.63) is 106 Å². The van der Waals surface area contributed by atoms with Crippen molar-refractivity contribution in [3.8, 4) is 22.3 Å². The Labute approximate surface area is 203 Å². The Morgan fingerprint density at radius 1 is 1.00 bits per heavy atom. The normalized spacial score (nSPS) is 12.0. The van der Waals surface area contributed by atoms with Crippen LogP contribution in [0.15, 0.2) is 77.7 Å². The van der Waals surface area contributed by atoms with Crippen molar-refractivity contribution < 1.29 is 0 Å². The van der Waals surface area contributed by atoms with E-state index in [2.05, 4.69) is 52.6 Å². The van der Waals surface area contributed by atoms with E-state index in [1.54, 1.807) is 24.0 Å². The fourth-order valence-corrected chi connectivity index (χ4v) is 5.05. The van der Waals surface area contributed by atoms with Crippen molar-refractivity contribution in [3.63, 3.8) is 0 Å². The summed E-state index contributed by atoms with van der Waals surface area (Å²) in [4.78, 5) is 21.9. The predicted octanol–water partition coefficient (Wildman–Crippen LogP) is 6.95. The molecule has 0 spiro atoms. The minimum Gasteiger partial charge on any atom is -0.333 e. The van der Waals surface area contributed by atoms with E-state index in [0.717, 1.165) is 40.3 Å². The largest absolute Gasteiger partial charge is 0.333 e. The lowest BCUT2D eigenvalue weighted by atomic mass is 9.99. The second-order valence-electron chi connectivity index (χ2n) is 7.85. The van der Waals surface area contributed by atoms with Gasteiger partial charge < -0.3 is 4.57 Å². The van der Waals surface area contributed by atoms with Crippen molar-refractivity contribution in [1.29, 1.82) is 0 Å². The van der Waals surface area contributed by atoms with E-state index in [-0.39, 0.29) is 10.8 Å². The molecule has 0 N–H and O–H groups in total. The SMILES string of the molecule is CCn1c(CSC(C)c2ccc(Cl)nc2)nc(=O)c(-c2cccc(-c3ccccc3)c2)c1C. The van der Waals surface area contributed by atoms with Crippen LogP contribution < -0.4 is 5.56 Å². The minimum atomic E-state index is -0.182. The summed E-state index contributed by atoms with van der Waals surface area (Å²) < 4.78 is 2.14. The summed E-state index contributed by atoms with van der Waals surface area (Å²) in [5.74, 6) is 1.43. The molecule has 0 aliphatic carbocycles. The van der Waals surface area contributed by atoms with Crippen molar-refractivity contribution in [1.82, 2.24) is 14.5 Å². The number of aromatic nitrogens is 3. The van der Waals surface area contributed by atoms with E-state index in [1.165, 1.54) is 0 Å². The third kappa shape index (κ3) is 5.21. The first-order chi connectivity index (χ1) is 16.0. The molecule has 0 bridgehead atoms. The van der Waals surface area contributed by atoms with E-state index in [0.29, 0.717) is 16.5 Å². The Morgan fingerprint density at radius 2 is 1.73 bits per heavy atom. The average molecular weight is 476 g/mol. The number of thioether (sulfide) groups is 1. The summed E-state index contributed by atoms with van der Waals surface area (Å²) in [6, 6.07) is 22.1. The highest BCUT2D eigenvalue weighted by atomic mass is 35.5. The molecule has 4 nitrogen and oxygen atoms in total. The second kappa shape index (κ2) is 10.4. The molecule has 168 valence electrons. The smallest absolute Gasteiger partial charge is 0.281 e. The zero-order valence-corrected chi connectivity index (χ0v) is 20.5. The molecule has 1 atom stereocenters. The predicted molar refractivity (Wildman–Crippen MR) is 139 cm³/mol. The van der Waals surface area contributed by atoms with Crippen molar-refractivity contribution in [2.45, 2.75) is 38.3 Å². The monoisotopic (exact) mass is 475 g/mol. The van der Waals surface area contributed by atoms with Crippen LogP contribution in [-0.2, 0) is 12.3 Å². The highest BCUT2D eigenvalue weighted by molar-refractivity contribution is 7.98. The molecule has 33 heavy (non-hydrogen) atoms. The Kier molecular flexibility index (Phi) is 7.31. The standard InChI is InChI=1S/C27H26ClN3OS/c1-4-31-18(2)26(22-12-8-11-21(15-22)20-9-6-5-7-10-20)27(32)30-25(31)17-33-19(3)23-13-14-24(28)29-16-23/h5-16,19H,4,17H2,1-3H3. The number of nitrogens with zero attached hydrogens (tertiary/aromatic N) is 3. The van der Waals surface area contributed by atoms with Gasteiger partial charge in [-0.15, -0.1) is 11.8 Å². The topological polar surface area (TPSA) is 47.8 Å². The fraction of sp³-hybridized carbons (Fsp3) is 0.222. The first-order valence-electron chi connectivity index (χ1n) is 11.0. The highest BCUT2D eigenvalue weighted by Gasteiger charge is 2.17. The molecule has 4 rings (SSSR count). The lowest BCUT2D eigenvalue weighted by Crippen LogP contribution is -2.22. The first kappa shape index (κ1) is 23.3. The van der Waals surface area contributed by atoms with Gasteiger partial charge in [-0.3, -0.25) is 4.79 Å². The van der Waals surface area contributed by atoms with Gasteiger partial charge in [0.2, 0.25) is 0 Å². The van der Waals surface area contributed by atoms with Gasteiger partial charge in [-0.2, -0.15) is 4.98 Å². The molecule has 2 aromatic heterocycles. The van der Waals surface area contributed by atoms with Crippen molar-refractivity contribution in [2.75, 3.05) is 0 Å². The molecular formula is C27H26ClN3OS. The molecule has 0 amide bonds. The zero-order chi connectivity index (χ0) is 23.4.